The number of ether oxygens (including phenoxy) is 3. The minimum absolute atomic E-state index is 0.0743. The molecule has 4 rings (SSSR count). The molecule has 1 fully saturated rings. The summed E-state index contributed by atoms with van der Waals surface area (Å²) in [4.78, 5) is 0. The van der Waals surface area contributed by atoms with E-state index in [1.165, 1.54) is 31.0 Å². The van der Waals surface area contributed by atoms with Crippen LogP contribution in [0.3, 0.4) is 0 Å². The van der Waals surface area contributed by atoms with Crippen LogP contribution >= 0.6 is 0 Å². The van der Waals surface area contributed by atoms with Gasteiger partial charge in [0.1, 0.15) is 5.82 Å². The molecule has 3 aromatic carbocycles. The van der Waals surface area contributed by atoms with Crippen molar-refractivity contribution in [2.24, 2.45) is 5.92 Å². The summed E-state index contributed by atoms with van der Waals surface area (Å²) in [6, 6.07) is 14.9. The highest BCUT2D eigenvalue weighted by molar-refractivity contribution is 5.72. The molecular formula is C36H43F3O3. The second-order valence-corrected chi connectivity index (χ2v) is 11.0. The summed E-state index contributed by atoms with van der Waals surface area (Å²) in [7, 11) is 0. The van der Waals surface area contributed by atoms with Crippen LogP contribution in [0.4, 0.5) is 13.2 Å². The summed E-state index contributed by atoms with van der Waals surface area (Å²) >= 11 is 0. The van der Waals surface area contributed by atoms with Crippen LogP contribution in [-0.2, 0) is 9.47 Å². The van der Waals surface area contributed by atoms with E-state index in [4.69, 9.17) is 14.2 Å². The highest BCUT2D eigenvalue weighted by Crippen LogP contribution is 2.32. The predicted octanol–water partition coefficient (Wildman–Crippen LogP) is 10.4. The van der Waals surface area contributed by atoms with Crippen molar-refractivity contribution < 1.29 is 27.4 Å². The van der Waals surface area contributed by atoms with Gasteiger partial charge in [-0.25, -0.2) is 8.78 Å². The van der Waals surface area contributed by atoms with Crippen molar-refractivity contribution in [3.8, 4) is 28.0 Å². The van der Waals surface area contributed by atoms with E-state index in [-0.39, 0.29) is 29.3 Å². The second kappa shape index (κ2) is 16.5. The Bertz CT molecular complexity index is 1280. The normalized spacial score (nSPS) is 17.2. The lowest BCUT2D eigenvalue weighted by atomic mass is 9.98. The molecule has 0 unspecified atom stereocenters. The van der Waals surface area contributed by atoms with Gasteiger partial charge in [0.2, 0.25) is 5.82 Å². The van der Waals surface area contributed by atoms with Gasteiger partial charge < -0.3 is 14.2 Å². The van der Waals surface area contributed by atoms with Gasteiger partial charge in [0.05, 0.1) is 19.8 Å². The quantitative estimate of drug-likeness (QED) is 0.167. The first-order valence-corrected chi connectivity index (χ1v) is 15.4. The molecule has 0 spiro atoms. The minimum atomic E-state index is -0.988. The average Bonchev–Trinajstić information content (AvgIpc) is 3.01. The maximum Gasteiger partial charge on any atom is 0.201 e. The van der Waals surface area contributed by atoms with Gasteiger partial charge in [0.25, 0.3) is 0 Å². The van der Waals surface area contributed by atoms with Crippen LogP contribution in [0.15, 0.2) is 60.7 Å². The smallest absolute Gasteiger partial charge is 0.201 e. The Morgan fingerprint density at radius 2 is 1.38 bits per heavy atom. The molecule has 0 saturated carbocycles. The van der Waals surface area contributed by atoms with Crippen LogP contribution in [0.1, 0.15) is 77.2 Å². The predicted molar refractivity (Wildman–Crippen MR) is 164 cm³/mol. The van der Waals surface area contributed by atoms with Crippen molar-refractivity contribution in [2.75, 3.05) is 19.8 Å². The fourth-order valence-corrected chi connectivity index (χ4v) is 5.10. The number of benzene rings is 3. The molecule has 1 aliphatic rings. The van der Waals surface area contributed by atoms with E-state index < -0.39 is 11.6 Å². The molecule has 0 amide bonds. The van der Waals surface area contributed by atoms with Crippen molar-refractivity contribution in [3.63, 3.8) is 0 Å². The number of unbranched alkanes of at least 4 members (excludes halogenated alkanes) is 6. The molecule has 1 aliphatic heterocycles. The zero-order valence-corrected chi connectivity index (χ0v) is 24.8. The van der Waals surface area contributed by atoms with Crippen LogP contribution in [0, 0.1) is 23.4 Å². The van der Waals surface area contributed by atoms with Crippen molar-refractivity contribution in [2.45, 2.75) is 77.9 Å². The summed E-state index contributed by atoms with van der Waals surface area (Å²) < 4.78 is 61.8. The van der Waals surface area contributed by atoms with Gasteiger partial charge in [0, 0.05) is 17.0 Å². The zero-order chi connectivity index (χ0) is 29.7. The van der Waals surface area contributed by atoms with Crippen molar-refractivity contribution in [1.82, 2.24) is 0 Å². The van der Waals surface area contributed by atoms with Crippen LogP contribution in [-0.4, -0.2) is 26.1 Å². The molecule has 1 saturated heterocycles. The number of hydrogen-bond donors (Lipinski definition) is 0. The Balaban J connectivity index is 1.34. The molecule has 42 heavy (non-hydrogen) atoms. The molecule has 0 aliphatic carbocycles. The first kappa shape index (κ1) is 31.8. The van der Waals surface area contributed by atoms with E-state index in [0.717, 1.165) is 50.5 Å². The van der Waals surface area contributed by atoms with Gasteiger partial charge in [-0.05, 0) is 54.2 Å². The fraction of sp³-hybridized carbons (Fsp3) is 0.444. The summed E-state index contributed by atoms with van der Waals surface area (Å²) in [6.07, 6.45) is 13.4. The van der Waals surface area contributed by atoms with E-state index in [1.54, 1.807) is 30.3 Å². The first-order valence-electron chi connectivity index (χ1n) is 15.4. The third-order valence-electron chi connectivity index (χ3n) is 7.65. The highest BCUT2D eigenvalue weighted by Gasteiger charge is 2.20. The topological polar surface area (TPSA) is 27.7 Å². The third-order valence-corrected chi connectivity index (χ3v) is 7.65. The zero-order valence-electron chi connectivity index (χ0n) is 24.8. The van der Waals surface area contributed by atoms with Crippen LogP contribution in [0.5, 0.6) is 5.75 Å². The molecular weight excluding hydrogens is 537 g/mol. The Hall–Kier alpha value is -3.09. The Morgan fingerprint density at radius 3 is 2.07 bits per heavy atom. The van der Waals surface area contributed by atoms with E-state index in [2.05, 4.69) is 13.8 Å². The molecule has 0 bridgehead atoms. The minimum Gasteiger partial charge on any atom is -0.490 e. The molecule has 3 nitrogen and oxygen atoms in total. The molecule has 6 heteroatoms. The number of halogens is 3. The van der Waals surface area contributed by atoms with Gasteiger partial charge in [-0.3, -0.25) is 0 Å². The second-order valence-electron chi connectivity index (χ2n) is 11.0. The molecule has 0 aromatic heterocycles. The van der Waals surface area contributed by atoms with Crippen molar-refractivity contribution >= 4 is 6.08 Å². The van der Waals surface area contributed by atoms with Crippen LogP contribution in [0.25, 0.3) is 28.3 Å². The van der Waals surface area contributed by atoms with E-state index in [9.17, 15) is 8.78 Å². The fourth-order valence-electron chi connectivity index (χ4n) is 5.10. The van der Waals surface area contributed by atoms with E-state index in [0.29, 0.717) is 36.5 Å². The Kier molecular flexibility index (Phi) is 12.5. The highest BCUT2D eigenvalue weighted by atomic mass is 19.2. The Morgan fingerprint density at radius 1 is 0.738 bits per heavy atom. The molecule has 1 heterocycles. The maximum atomic E-state index is 15.1. The number of rotatable bonds is 15. The summed E-state index contributed by atoms with van der Waals surface area (Å²) in [5.41, 5.74) is 2.48. The van der Waals surface area contributed by atoms with Crippen LogP contribution < -0.4 is 4.74 Å². The standard InChI is InChI=1S/C36H43F3O3/c1-3-5-7-8-10-22-40-33-21-20-31(35(38)36(33)39)29-17-15-28(16-18-29)30-19-14-26(23-32(30)37)12-13-27-24-41-34(42-25-27)11-9-6-4-2/h12-21,23,27,34H,3-11,22,24-25H2,1-2H3/b13-12+. The first-order chi connectivity index (χ1) is 20.5. The lowest BCUT2D eigenvalue weighted by Crippen LogP contribution is -2.31. The maximum absolute atomic E-state index is 15.1. The summed E-state index contributed by atoms with van der Waals surface area (Å²) in [6.45, 7) is 5.87. The lowest BCUT2D eigenvalue weighted by molar-refractivity contribution is -0.195. The van der Waals surface area contributed by atoms with Gasteiger partial charge in [-0.2, -0.15) is 4.39 Å². The SMILES string of the molecule is CCCCCCCOc1ccc(-c2ccc(-c3ccc(/C=C/C4COC(CCCCC)OC4)cc3F)cc2)c(F)c1F. The van der Waals surface area contributed by atoms with Crippen LogP contribution in [0.2, 0.25) is 0 Å². The molecule has 3 aromatic rings. The Labute approximate surface area is 248 Å². The monoisotopic (exact) mass is 580 g/mol. The van der Waals surface area contributed by atoms with E-state index >= 15 is 4.39 Å². The molecule has 226 valence electrons. The molecule has 0 atom stereocenters. The third kappa shape index (κ3) is 8.95. The molecule has 0 radical (unpaired) electrons. The number of hydrogen-bond acceptors (Lipinski definition) is 3. The summed E-state index contributed by atoms with van der Waals surface area (Å²) in [5, 5.41) is 0. The van der Waals surface area contributed by atoms with Crippen molar-refractivity contribution in [3.05, 3.63) is 83.7 Å². The summed E-state index contributed by atoms with van der Waals surface area (Å²) in [5.74, 6) is -2.24. The largest absolute Gasteiger partial charge is 0.490 e. The molecule has 0 N–H and O–H groups in total. The van der Waals surface area contributed by atoms with Gasteiger partial charge in [-0.1, -0.05) is 101 Å². The average molecular weight is 581 g/mol. The van der Waals surface area contributed by atoms with Gasteiger partial charge >= 0.3 is 0 Å². The van der Waals surface area contributed by atoms with Crippen molar-refractivity contribution in [1.29, 1.82) is 0 Å². The van der Waals surface area contributed by atoms with Gasteiger partial charge in [-0.15, -0.1) is 0 Å². The lowest BCUT2D eigenvalue weighted by Gasteiger charge is -2.27. The van der Waals surface area contributed by atoms with E-state index in [1.807, 2.05) is 18.2 Å². The van der Waals surface area contributed by atoms with Gasteiger partial charge in [0.15, 0.2) is 17.9 Å².